The number of halogens is 1. The Balaban J connectivity index is 2.59. The van der Waals surface area contributed by atoms with Gasteiger partial charge in [0.05, 0.1) is 6.04 Å². The first-order valence-corrected chi connectivity index (χ1v) is 5.62. The molecule has 0 heterocycles. The van der Waals surface area contributed by atoms with E-state index in [2.05, 4.69) is 5.32 Å². The Hall–Kier alpha value is -1.13. The Kier molecular flexibility index (Phi) is 3.88. The van der Waals surface area contributed by atoms with Gasteiger partial charge in [-0.05, 0) is 26.2 Å². The number of carbonyl (C=O) groups excluding carboxylic acids is 1. The zero-order valence-corrected chi connectivity index (χ0v) is 9.62. The van der Waals surface area contributed by atoms with Crippen molar-refractivity contribution in [2.24, 2.45) is 5.41 Å². The van der Waals surface area contributed by atoms with E-state index in [-0.39, 0.29) is 0 Å². The first-order chi connectivity index (χ1) is 7.44. The van der Waals surface area contributed by atoms with Crippen LogP contribution in [-0.2, 0) is 9.59 Å². The van der Waals surface area contributed by atoms with Crippen molar-refractivity contribution in [2.75, 3.05) is 0 Å². The zero-order valence-electron chi connectivity index (χ0n) is 9.62. The molecular formula is C11H18FNO3. The zero-order chi connectivity index (χ0) is 12.3. The molecular weight excluding hydrogens is 213 g/mol. The van der Waals surface area contributed by atoms with Gasteiger partial charge in [-0.25, -0.2) is 4.39 Å². The third-order valence-electron chi connectivity index (χ3n) is 3.06. The van der Waals surface area contributed by atoms with Gasteiger partial charge in [-0.15, -0.1) is 0 Å². The van der Waals surface area contributed by atoms with Crippen molar-refractivity contribution in [3.63, 3.8) is 0 Å². The highest BCUT2D eigenvalue weighted by Gasteiger charge is 2.57. The van der Waals surface area contributed by atoms with Gasteiger partial charge in [-0.3, -0.25) is 9.59 Å². The summed E-state index contributed by atoms with van der Waals surface area (Å²) in [7, 11) is 0. The molecule has 0 spiro atoms. The van der Waals surface area contributed by atoms with Crippen LogP contribution in [0, 0.1) is 5.41 Å². The molecule has 0 bridgehead atoms. The first kappa shape index (κ1) is 12.9. The number of amides is 1. The van der Waals surface area contributed by atoms with E-state index in [9.17, 15) is 14.0 Å². The summed E-state index contributed by atoms with van der Waals surface area (Å²) >= 11 is 0. The van der Waals surface area contributed by atoms with Crippen LogP contribution in [0.4, 0.5) is 4.39 Å². The molecule has 1 aliphatic rings. The summed E-state index contributed by atoms with van der Waals surface area (Å²) < 4.78 is 13.2. The number of nitrogens with one attached hydrogen (secondary N) is 1. The molecule has 1 saturated carbocycles. The summed E-state index contributed by atoms with van der Waals surface area (Å²) in [6, 6.07) is -0.575. The smallest absolute Gasteiger partial charge is 0.319 e. The van der Waals surface area contributed by atoms with Crippen molar-refractivity contribution in [1.82, 2.24) is 5.32 Å². The van der Waals surface area contributed by atoms with Crippen LogP contribution in [0.2, 0.25) is 0 Å². The minimum Gasteiger partial charge on any atom is -0.480 e. The molecule has 92 valence electrons. The number of hydrogen-bond acceptors (Lipinski definition) is 2. The third-order valence-corrected chi connectivity index (χ3v) is 3.06. The summed E-state index contributed by atoms with van der Waals surface area (Å²) in [4.78, 5) is 22.6. The van der Waals surface area contributed by atoms with Gasteiger partial charge in [-0.1, -0.05) is 13.3 Å². The molecule has 2 N–H and O–H groups in total. The number of carboxylic acid groups (broad SMARTS) is 1. The normalized spacial score (nSPS) is 20.9. The second-order valence-corrected chi connectivity index (χ2v) is 4.43. The van der Waals surface area contributed by atoms with E-state index in [0.29, 0.717) is 19.3 Å². The van der Waals surface area contributed by atoms with Gasteiger partial charge < -0.3 is 10.4 Å². The van der Waals surface area contributed by atoms with Gasteiger partial charge in [0.2, 0.25) is 5.91 Å². The fourth-order valence-corrected chi connectivity index (χ4v) is 1.70. The Labute approximate surface area is 94.2 Å². The highest BCUT2D eigenvalue weighted by atomic mass is 19.1. The topological polar surface area (TPSA) is 66.4 Å². The van der Waals surface area contributed by atoms with Gasteiger partial charge in [0.1, 0.15) is 11.6 Å². The average molecular weight is 231 g/mol. The largest absolute Gasteiger partial charge is 0.480 e. The lowest BCUT2D eigenvalue weighted by Gasteiger charge is -2.21. The molecule has 0 aromatic rings. The van der Waals surface area contributed by atoms with Crippen molar-refractivity contribution in [1.29, 1.82) is 0 Å². The van der Waals surface area contributed by atoms with E-state index in [1.54, 1.807) is 0 Å². The van der Waals surface area contributed by atoms with E-state index in [0.717, 1.165) is 6.42 Å². The fourth-order valence-electron chi connectivity index (χ4n) is 1.70. The first-order valence-electron chi connectivity index (χ1n) is 5.62. The molecule has 2 atom stereocenters. The standard InChI is InChI=1S/C11H18FNO3/c1-3-4-8(7(2)12)13-9(14)11(5-6-11)10(15)16/h7-8H,3-6H2,1-2H3,(H,13,14)(H,15,16)/t7?,8-/m0/s1. The van der Waals surface area contributed by atoms with Gasteiger partial charge in [0, 0.05) is 0 Å². The van der Waals surface area contributed by atoms with Crippen molar-refractivity contribution in [2.45, 2.75) is 51.7 Å². The Morgan fingerprint density at radius 1 is 1.50 bits per heavy atom. The van der Waals surface area contributed by atoms with Crippen molar-refractivity contribution >= 4 is 11.9 Å². The average Bonchev–Trinajstić information content (AvgIpc) is 2.97. The number of carboxylic acids is 1. The lowest BCUT2D eigenvalue weighted by Crippen LogP contribution is -2.46. The van der Waals surface area contributed by atoms with Crippen LogP contribution < -0.4 is 5.32 Å². The molecule has 0 saturated heterocycles. The quantitative estimate of drug-likeness (QED) is 0.681. The molecule has 1 unspecified atom stereocenters. The maximum absolute atomic E-state index is 13.2. The summed E-state index contributed by atoms with van der Waals surface area (Å²) in [6.45, 7) is 3.27. The number of alkyl halides is 1. The summed E-state index contributed by atoms with van der Waals surface area (Å²) in [6.07, 6.45) is 0.827. The highest BCUT2D eigenvalue weighted by Crippen LogP contribution is 2.46. The third kappa shape index (κ3) is 2.51. The molecule has 0 aliphatic heterocycles. The SMILES string of the molecule is CCC[C@H](NC(=O)C1(C(=O)O)CC1)C(C)F. The molecule has 1 rings (SSSR count). The van der Waals surface area contributed by atoms with Crippen molar-refractivity contribution < 1.29 is 19.1 Å². The lowest BCUT2D eigenvalue weighted by molar-refractivity contribution is -0.149. The molecule has 1 aliphatic carbocycles. The van der Waals surface area contributed by atoms with Crippen LogP contribution in [0.15, 0.2) is 0 Å². The molecule has 4 nitrogen and oxygen atoms in total. The molecule has 5 heteroatoms. The van der Waals surface area contributed by atoms with Gasteiger partial charge in [0.25, 0.3) is 0 Å². The summed E-state index contributed by atoms with van der Waals surface area (Å²) in [5.74, 6) is -1.64. The second-order valence-electron chi connectivity index (χ2n) is 4.43. The minimum absolute atomic E-state index is 0.355. The number of hydrogen-bond donors (Lipinski definition) is 2. The summed E-state index contributed by atoms with van der Waals surface area (Å²) in [5.41, 5.74) is -1.28. The van der Waals surface area contributed by atoms with E-state index >= 15 is 0 Å². The fraction of sp³-hybridized carbons (Fsp3) is 0.818. The molecule has 0 aromatic heterocycles. The predicted molar refractivity (Wildman–Crippen MR) is 56.7 cm³/mol. The van der Waals surface area contributed by atoms with Crippen LogP contribution in [-0.4, -0.2) is 29.2 Å². The molecule has 0 aromatic carbocycles. The number of carbonyl (C=O) groups is 2. The van der Waals surface area contributed by atoms with Crippen molar-refractivity contribution in [3.05, 3.63) is 0 Å². The van der Waals surface area contributed by atoms with Gasteiger partial charge in [0.15, 0.2) is 0 Å². The molecule has 1 fully saturated rings. The number of rotatable bonds is 6. The Bertz CT molecular complexity index is 287. The lowest BCUT2D eigenvalue weighted by atomic mass is 10.0. The van der Waals surface area contributed by atoms with Gasteiger partial charge in [-0.2, -0.15) is 0 Å². The van der Waals surface area contributed by atoms with Crippen LogP contribution >= 0.6 is 0 Å². The maximum atomic E-state index is 13.2. The molecule has 0 radical (unpaired) electrons. The van der Waals surface area contributed by atoms with E-state index in [1.165, 1.54) is 6.92 Å². The molecule has 1 amide bonds. The Morgan fingerprint density at radius 3 is 2.38 bits per heavy atom. The van der Waals surface area contributed by atoms with Gasteiger partial charge >= 0.3 is 5.97 Å². The molecule has 16 heavy (non-hydrogen) atoms. The van der Waals surface area contributed by atoms with Crippen molar-refractivity contribution in [3.8, 4) is 0 Å². The maximum Gasteiger partial charge on any atom is 0.319 e. The summed E-state index contributed by atoms with van der Waals surface area (Å²) in [5, 5.41) is 11.4. The van der Waals surface area contributed by atoms with Crippen LogP contribution in [0.1, 0.15) is 39.5 Å². The van der Waals surface area contributed by atoms with Crippen LogP contribution in [0.5, 0.6) is 0 Å². The monoisotopic (exact) mass is 231 g/mol. The highest BCUT2D eigenvalue weighted by molar-refractivity contribution is 6.04. The second kappa shape index (κ2) is 4.80. The number of aliphatic carboxylic acids is 1. The van der Waals surface area contributed by atoms with Crippen LogP contribution in [0.3, 0.4) is 0 Å². The van der Waals surface area contributed by atoms with E-state index in [1.807, 2.05) is 6.92 Å². The predicted octanol–water partition coefficient (Wildman–Crippen LogP) is 1.49. The van der Waals surface area contributed by atoms with E-state index in [4.69, 9.17) is 5.11 Å². The van der Waals surface area contributed by atoms with E-state index < -0.39 is 29.5 Å². The van der Waals surface area contributed by atoms with Crippen LogP contribution in [0.25, 0.3) is 0 Å². The minimum atomic E-state index is -1.28. The Morgan fingerprint density at radius 2 is 2.06 bits per heavy atom.